The number of rotatable bonds is 4. The highest BCUT2D eigenvalue weighted by Gasteiger charge is 2.17. The number of phenolic OH excluding ortho intramolecular Hbond substituents is 1. The third-order valence-corrected chi connectivity index (χ3v) is 3.95. The number of hydrogen-bond acceptors (Lipinski definition) is 3. The fraction of sp³-hybridized carbons (Fsp3) is 0.600. The Labute approximate surface area is 110 Å². The molecule has 0 saturated heterocycles. The molecule has 3 heteroatoms. The highest BCUT2D eigenvalue weighted by atomic mass is 16.3. The minimum absolute atomic E-state index is 0.126. The SMILES string of the molecule is CC(N)c1ccc(N(C)CC2CCCC2)cc1O. The van der Waals surface area contributed by atoms with Gasteiger partial charge in [-0.15, -0.1) is 0 Å². The third kappa shape index (κ3) is 2.96. The summed E-state index contributed by atoms with van der Waals surface area (Å²) in [6.45, 7) is 2.97. The van der Waals surface area contributed by atoms with Crippen LogP contribution in [0.5, 0.6) is 5.75 Å². The second kappa shape index (κ2) is 5.61. The lowest BCUT2D eigenvalue weighted by Crippen LogP contribution is -2.24. The average Bonchev–Trinajstić information content (AvgIpc) is 2.81. The zero-order chi connectivity index (χ0) is 13.1. The van der Waals surface area contributed by atoms with E-state index in [9.17, 15) is 5.11 Å². The van der Waals surface area contributed by atoms with E-state index in [0.717, 1.165) is 23.7 Å². The van der Waals surface area contributed by atoms with E-state index in [1.807, 2.05) is 25.1 Å². The Bertz CT molecular complexity index is 397. The lowest BCUT2D eigenvalue weighted by Gasteiger charge is -2.24. The number of nitrogens with zero attached hydrogens (tertiary/aromatic N) is 1. The Balaban J connectivity index is 2.05. The van der Waals surface area contributed by atoms with E-state index < -0.39 is 0 Å². The van der Waals surface area contributed by atoms with Crippen molar-refractivity contribution in [2.75, 3.05) is 18.5 Å². The van der Waals surface area contributed by atoms with Crippen LogP contribution in [0.2, 0.25) is 0 Å². The van der Waals surface area contributed by atoms with Crippen molar-refractivity contribution in [1.82, 2.24) is 0 Å². The van der Waals surface area contributed by atoms with Gasteiger partial charge in [0, 0.05) is 37.0 Å². The monoisotopic (exact) mass is 248 g/mol. The van der Waals surface area contributed by atoms with Crippen molar-refractivity contribution in [3.63, 3.8) is 0 Å². The molecule has 1 aromatic rings. The van der Waals surface area contributed by atoms with Crippen molar-refractivity contribution in [1.29, 1.82) is 0 Å². The lowest BCUT2D eigenvalue weighted by atomic mass is 10.1. The summed E-state index contributed by atoms with van der Waals surface area (Å²) in [6, 6.07) is 5.68. The molecule has 0 heterocycles. The number of benzene rings is 1. The van der Waals surface area contributed by atoms with E-state index in [2.05, 4.69) is 11.9 Å². The molecule has 0 spiro atoms. The number of anilines is 1. The highest BCUT2D eigenvalue weighted by Crippen LogP contribution is 2.30. The molecule has 3 nitrogen and oxygen atoms in total. The summed E-state index contributed by atoms with van der Waals surface area (Å²) in [5, 5.41) is 9.96. The fourth-order valence-corrected chi connectivity index (χ4v) is 2.84. The first kappa shape index (κ1) is 13.2. The summed E-state index contributed by atoms with van der Waals surface area (Å²) >= 11 is 0. The third-order valence-electron chi connectivity index (χ3n) is 3.95. The molecule has 1 unspecified atom stereocenters. The van der Waals surface area contributed by atoms with Crippen LogP contribution < -0.4 is 10.6 Å². The molecule has 1 fully saturated rings. The van der Waals surface area contributed by atoms with Crippen LogP contribution in [0.3, 0.4) is 0 Å². The number of hydrogen-bond donors (Lipinski definition) is 2. The van der Waals surface area contributed by atoms with Crippen molar-refractivity contribution in [3.8, 4) is 5.75 Å². The maximum atomic E-state index is 9.96. The van der Waals surface area contributed by atoms with Crippen LogP contribution in [-0.4, -0.2) is 18.7 Å². The van der Waals surface area contributed by atoms with Gasteiger partial charge in [0.15, 0.2) is 0 Å². The van der Waals surface area contributed by atoms with E-state index in [-0.39, 0.29) is 6.04 Å². The summed E-state index contributed by atoms with van der Waals surface area (Å²) < 4.78 is 0. The van der Waals surface area contributed by atoms with Gasteiger partial charge in [-0.3, -0.25) is 0 Å². The maximum Gasteiger partial charge on any atom is 0.122 e. The number of aromatic hydroxyl groups is 1. The Morgan fingerprint density at radius 3 is 2.61 bits per heavy atom. The van der Waals surface area contributed by atoms with Gasteiger partial charge in [0.05, 0.1) is 0 Å². The predicted molar refractivity (Wildman–Crippen MR) is 75.9 cm³/mol. The second-order valence-electron chi connectivity index (χ2n) is 5.56. The number of nitrogens with two attached hydrogens (primary N) is 1. The summed E-state index contributed by atoms with van der Waals surface area (Å²) in [6.07, 6.45) is 5.42. The summed E-state index contributed by atoms with van der Waals surface area (Å²) in [7, 11) is 2.10. The molecular formula is C15H24N2O. The minimum atomic E-state index is -0.126. The molecule has 100 valence electrons. The first-order valence-corrected chi connectivity index (χ1v) is 6.87. The normalized spacial score (nSPS) is 17.9. The molecule has 1 aliphatic carbocycles. The van der Waals surface area contributed by atoms with Crippen molar-refractivity contribution >= 4 is 5.69 Å². The maximum absolute atomic E-state index is 9.96. The highest BCUT2D eigenvalue weighted by molar-refractivity contribution is 5.53. The van der Waals surface area contributed by atoms with Crippen LogP contribution in [0.4, 0.5) is 5.69 Å². The topological polar surface area (TPSA) is 49.5 Å². The number of phenols is 1. The quantitative estimate of drug-likeness (QED) is 0.861. The molecule has 18 heavy (non-hydrogen) atoms. The van der Waals surface area contributed by atoms with Gasteiger partial charge in [0.2, 0.25) is 0 Å². The molecule has 1 atom stereocenters. The molecular weight excluding hydrogens is 224 g/mol. The van der Waals surface area contributed by atoms with Crippen molar-refractivity contribution in [2.24, 2.45) is 11.7 Å². The first-order chi connectivity index (χ1) is 8.58. The van der Waals surface area contributed by atoms with E-state index >= 15 is 0 Å². The molecule has 1 saturated carbocycles. The predicted octanol–water partition coefficient (Wildman–Crippen LogP) is 3.04. The van der Waals surface area contributed by atoms with Crippen LogP contribution in [0.15, 0.2) is 18.2 Å². The van der Waals surface area contributed by atoms with E-state index in [4.69, 9.17) is 5.73 Å². The van der Waals surface area contributed by atoms with Crippen molar-refractivity contribution in [2.45, 2.75) is 38.6 Å². The molecule has 2 rings (SSSR count). The summed E-state index contributed by atoms with van der Waals surface area (Å²) in [5.41, 5.74) is 7.69. The van der Waals surface area contributed by atoms with Gasteiger partial charge < -0.3 is 15.7 Å². The van der Waals surface area contributed by atoms with Gasteiger partial charge in [-0.1, -0.05) is 18.9 Å². The standard InChI is InChI=1S/C15H24N2O/c1-11(16)14-8-7-13(9-15(14)18)17(2)10-12-5-3-4-6-12/h7-9,11-12,18H,3-6,10,16H2,1-2H3. The van der Waals surface area contributed by atoms with Gasteiger partial charge in [0.1, 0.15) is 5.75 Å². The molecule has 1 aliphatic rings. The minimum Gasteiger partial charge on any atom is -0.508 e. The van der Waals surface area contributed by atoms with Gasteiger partial charge >= 0.3 is 0 Å². The molecule has 3 N–H and O–H groups in total. The molecule has 0 radical (unpaired) electrons. The molecule has 0 amide bonds. The van der Waals surface area contributed by atoms with Crippen LogP contribution >= 0.6 is 0 Å². The second-order valence-corrected chi connectivity index (χ2v) is 5.56. The Morgan fingerprint density at radius 2 is 2.06 bits per heavy atom. The fourth-order valence-electron chi connectivity index (χ4n) is 2.84. The van der Waals surface area contributed by atoms with Gasteiger partial charge in [0.25, 0.3) is 0 Å². The van der Waals surface area contributed by atoms with E-state index in [1.54, 1.807) is 0 Å². The van der Waals surface area contributed by atoms with Crippen molar-refractivity contribution < 1.29 is 5.11 Å². The van der Waals surface area contributed by atoms with Gasteiger partial charge in [-0.2, -0.15) is 0 Å². The van der Waals surface area contributed by atoms with E-state index in [0.29, 0.717) is 5.75 Å². The van der Waals surface area contributed by atoms with Crippen LogP contribution in [0.1, 0.15) is 44.2 Å². The van der Waals surface area contributed by atoms with Gasteiger partial charge in [-0.05, 0) is 31.7 Å². The van der Waals surface area contributed by atoms with Crippen molar-refractivity contribution in [3.05, 3.63) is 23.8 Å². The largest absolute Gasteiger partial charge is 0.508 e. The van der Waals surface area contributed by atoms with Gasteiger partial charge in [-0.25, -0.2) is 0 Å². The Morgan fingerprint density at radius 1 is 1.39 bits per heavy atom. The average molecular weight is 248 g/mol. The molecule has 0 bridgehead atoms. The van der Waals surface area contributed by atoms with Crippen LogP contribution in [-0.2, 0) is 0 Å². The Kier molecular flexibility index (Phi) is 4.12. The first-order valence-electron chi connectivity index (χ1n) is 6.87. The summed E-state index contributed by atoms with van der Waals surface area (Å²) in [4.78, 5) is 2.24. The zero-order valence-electron chi connectivity index (χ0n) is 11.4. The molecule has 0 aliphatic heterocycles. The summed E-state index contributed by atoms with van der Waals surface area (Å²) in [5.74, 6) is 1.12. The molecule has 0 aromatic heterocycles. The van der Waals surface area contributed by atoms with Crippen LogP contribution in [0.25, 0.3) is 0 Å². The smallest absolute Gasteiger partial charge is 0.122 e. The zero-order valence-corrected chi connectivity index (χ0v) is 11.4. The van der Waals surface area contributed by atoms with Crippen LogP contribution in [0, 0.1) is 5.92 Å². The molecule has 1 aromatic carbocycles. The van der Waals surface area contributed by atoms with E-state index in [1.165, 1.54) is 25.7 Å². The Hall–Kier alpha value is -1.22. The lowest BCUT2D eigenvalue weighted by molar-refractivity contribution is 0.463.